The standard InChI is InChI=1S/C31H20N4/c32-19-21-9-10-26(20-33)29(17-21)35-16-15-34-31(35)23-13-11-22(12-14-23)30-27-7-3-1-5-24(27)18-25-6-2-4-8-28(25)30/h1-11,13-18,22H,12H2. The van der Waals surface area contributed by atoms with Crippen molar-refractivity contribution in [2.24, 2.45) is 0 Å². The van der Waals surface area contributed by atoms with E-state index in [-0.39, 0.29) is 5.92 Å². The van der Waals surface area contributed by atoms with Crippen molar-refractivity contribution in [3.8, 4) is 17.8 Å². The van der Waals surface area contributed by atoms with Crippen LogP contribution in [0.4, 0.5) is 0 Å². The number of hydrogen-bond acceptors (Lipinski definition) is 3. The Labute approximate surface area is 203 Å². The van der Waals surface area contributed by atoms with Gasteiger partial charge in [0.2, 0.25) is 0 Å². The molecule has 0 bridgehead atoms. The molecule has 4 aromatic carbocycles. The average Bonchev–Trinajstić information content (AvgIpc) is 3.41. The lowest BCUT2D eigenvalue weighted by Gasteiger charge is -2.21. The van der Waals surface area contributed by atoms with Crippen LogP contribution in [-0.4, -0.2) is 9.55 Å². The second-order valence-electron chi connectivity index (χ2n) is 8.67. The molecule has 0 saturated carbocycles. The molecule has 1 aliphatic carbocycles. The minimum absolute atomic E-state index is 0.245. The van der Waals surface area contributed by atoms with Gasteiger partial charge in [0, 0.05) is 23.9 Å². The zero-order valence-corrected chi connectivity index (χ0v) is 18.9. The Hall–Kier alpha value is -4.93. The summed E-state index contributed by atoms with van der Waals surface area (Å²) in [4.78, 5) is 4.60. The van der Waals surface area contributed by atoms with Gasteiger partial charge in [-0.3, -0.25) is 4.57 Å². The predicted octanol–water partition coefficient (Wildman–Crippen LogP) is 7.05. The first-order valence-corrected chi connectivity index (χ1v) is 11.5. The Balaban J connectivity index is 1.41. The van der Waals surface area contributed by atoms with Crippen molar-refractivity contribution in [2.45, 2.75) is 12.3 Å². The number of rotatable bonds is 3. The molecule has 1 aliphatic rings. The summed E-state index contributed by atoms with van der Waals surface area (Å²) in [6.07, 6.45) is 11.0. The number of hydrogen-bond donors (Lipinski definition) is 0. The van der Waals surface area contributed by atoms with Crippen molar-refractivity contribution in [2.75, 3.05) is 0 Å². The number of allylic oxidation sites excluding steroid dienone is 4. The third-order valence-corrected chi connectivity index (χ3v) is 6.69. The summed E-state index contributed by atoms with van der Waals surface area (Å²) in [6.45, 7) is 0. The number of benzene rings is 4. The smallest absolute Gasteiger partial charge is 0.144 e. The lowest BCUT2D eigenvalue weighted by Crippen LogP contribution is -2.05. The monoisotopic (exact) mass is 448 g/mol. The molecule has 164 valence electrons. The highest BCUT2D eigenvalue weighted by Crippen LogP contribution is 2.39. The van der Waals surface area contributed by atoms with Crippen LogP contribution < -0.4 is 0 Å². The van der Waals surface area contributed by atoms with Crippen LogP contribution in [0.3, 0.4) is 0 Å². The van der Waals surface area contributed by atoms with Gasteiger partial charge in [0.15, 0.2) is 0 Å². The summed E-state index contributed by atoms with van der Waals surface area (Å²) in [5.74, 6) is 1.00. The van der Waals surface area contributed by atoms with Crippen LogP contribution >= 0.6 is 0 Å². The molecule has 1 atom stereocenters. The van der Waals surface area contributed by atoms with Gasteiger partial charge in [0.05, 0.1) is 22.9 Å². The van der Waals surface area contributed by atoms with Crippen LogP contribution in [0.1, 0.15) is 34.9 Å². The summed E-state index contributed by atoms with van der Waals surface area (Å²) in [5, 5.41) is 24.0. The van der Waals surface area contributed by atoms with E-state index in [1.807, 2.05) is 10.8 Å². The fraction of sp³-hybridized carbons (Fsp3) is 0.0645. The van der Waals surface area contributed by atoms with Gasteiger partial charge in [-0.15, -0.1) is 0 Å². The summed E-state index contributed by atoms with van der Waals surface area (Å²) < 4.78 is 1.89. The van der Waals surface area contributed by atoms with Crippen LogP contribution in [0, 0.1) is 22.7 Å². The van der Waals surface area contributed by atoms with Crippen molar-refractivity contribution in [1.29, 1.82) is 10.5 Å². The molecular formula is C31H20N4. The van der Waals surface area contributed by atoms with E-state index in [2.05, 4.69) is 89.9 Å². The van der Waals surface area contributed by atoms with E-state index in [4.69, 9.17) is 0 Å². The quantitative estimate of drug-likeness (QED) is 0.278. The molecule has 1 unspecified atom stereocenters. The largest absolute Gasteiger partial charge is 0.298 e. The van der Waals surface area contributed by atoms with Crippen molar-refractivity contribution in [1.82, 2.24) is 9.55 Å². The molecule has 35 heavy (non-hydrogen) atoms. The van der Waals surface area contributed by atoms with Crippen molar-refractivity contribution in [3.05, 3.63) is 126 Å². The van der Waals surface area contributed by atoms with E-state index in [9.17, 15) is 10.5 Å². The van der Waals surface area contributed by atoms with Crippen molar-refractivity contribution < 1.29 is 0 Å². The number of imidazole rings is 1. The average molecular weight is 449 g/mol. The first-order chi connectivity index (χ1) is 17.3. The second-order valence-corrected chi connectivity index (χ2v) is 8.67. The highest BCUT2D eigenvalue weighted by atomic mass is 15.1. The Morgan fingerprint density at radius 3 is 2.26 bits per heavy atom. The molecule has 6 rings (SSSR count). The molecule has 4 nitrogen and oxygen atoms in total. The predicted molar refractivity (Wildman–Crippen MR) is 139 cm³/mol. The SMILES string of the molecule is N#Cc1ccc(C#N)c(-n2ccnc2C2=CCC(c3c4ccccc4cc4ccccc34)C=C2)c1. The summed E-state index contributed by atoms with van der Waals surface area (Å²) in [5.41, 5.74) is 4.03. The Bertz CT molecular complexity index is 1700. The van der Waals surface area contributed by atoms with E-state index in [1.165, 1.54) is 27.1 Å². The van der Waals surface area contributed by atoms with E-state index in [0.717, 1.165) is 17.8 Å². The molecule has 1 heterocycles. The van der Waals surface area contributed by atoms with E-state index >= 15 is 0 Å². The fourth-order valence-corrected chi connectivity index (χ4v) is 5.06. The number of nitrogens with zero attached hydrogens (tertiary/aromatic N) is 4. The normalized spacial score (nSPS) is 15.0. The highest BCUT2D eigenvalue weighted by molar-refractivity contribution is 6.03. The molecule has 0 fully saturated rings. The molecule has 1 aromatic heterocycles. The molecule has 0 N–H and O–H groups in total. The first-order valence-electron chi connectivity index (χ1n) is 11.5. The molecule has 0 aliphatic heterocycles. The lowest BCUT2D eigenvalue weighted by atomic mass is 9.84. The molecule has 0 saturated heterocycles. The zero-order valence-electron chi connectivity index (χ0n) is 18.9. The maximum Gasteiger partial charge on any atom is 0.144 e. The van der Waals surface area contributed by atoms with Crippen LogP contribution in [-0.2, 0) is 0 Å². The van der Waals surface area contributed by atoms with Crippen LogP contribution in [0.15, 0.2) is 103 Å². The first kappa shape index (κ1) is 20.7. The van der Waals surface area contributed by atoms with Gasteiger partial charge in [-0.05, 0) is 57.8 Å². The third kappa shape index (κ3) is 3.50. The van der Waals surface area contributed by atoms with E-state index < -0.39 is 0 Å². The lowest BCUT2D eigenvalue weighted by molar-refractivity contribution is 0.868. The zero-order chi connectivity index (χ0) is 23.8. The minimum atomic E-state index is 0.245. The maximum atomic E-state index is 9.62. The molecule has 0 amide bonds. The van der Waals surface area contributed by atoms with Gasteiger partial charge in [-0.1, -0.05) is 66.8 Å². The molecular weight excluding hydrogens is 428 g/mol. The van der Waals surface area contributed by atoms with Crippen LogP contribution in [0.5, 0.6) is 0 Å². The Morgan fingerprint density at radius 2 is 1.60 bits per heavy atom. The molecule has 0 radical (unpaired) electrons. The van der Waals surface area contributed by atoms with Crippen LogP contribution in [0.2, 0.25) is 0 Å². The fourth-order valence-electron chi connectivity index (χ4n) is 5.06. The number of aromatic nitrogens is 2. The summed E-state index contributed by atoms with van der Waals surface area (Å²) in [6, 6.07) is 28.9. The number of fused-ring (bicyclic) bond motifs is 2. The topological polar surface area (TPSA) is 65.4 Å². The van der Waals surface area contributed by atoms with Crippen LogP contribution in [0.25, 0.3) is 32.8 Å². The molecule has 0 spiro atoms. The van der Waals surface area contributed by atoms with Gasteiger partial charge in [0.1, 0.15) is 11.9 Å². The third-order valence-electron chi connectivity index (χ3n) is 6.69. The van der Waals surface area contributed by atoms with Crippen molar-refractivity contribution >= 4 is 27.1 Å². The minimum Gasteiger partial charge on any atom is -0.298 e. The summed E-state index contributed by atoms with van der Waals surface area (Å²) in [7, 11) is 0. The van der Waals surface area contributed by atoms with E-state index in [0.29, 0.717) is 16.8 Å². The van der Waals surface area contributed by atoms with Gasteiger partial charge < -0.3 is 0 Å². The second kappa shape index (κ2) is 8.45. The van der Waals surface area contributed by atoms with Gasteiger partial charge in [-0.25, -0.2) is 4.98 Å². The van der Waals surface area contributed by atoms with Crippen molar-refractivity contribution in [3.63, 3.8) is 0 Å². The maximum absolute atomic E-state index is 9.62. The molecule has 5 aromatic rings. The number of nitriles is 2. The Kier molecular flexibility index (Phi) is 4.99. The highest BCUT2D eigenvalue weighted by Gasteiger charge is 2.20. The van der Waals surface area contributed by atoms with Gasteiger partial charge >= 0.3 is 0 Å². The Morgan fingerprint density at radius 1 is 0.857 bits per heavy atom. The van der Waals surface area contributed by atoms with Gasteiger partial charge in [0.25, 0.3) is 0 Å². The molecule has 4 heteroatoms. The van der Waals surface area contributed by atoms with Gasteiger partial charge in [-0.2, -0.15) is 10.5 Å². The summed E-state index contributed by atoms with van der Waals surface area (Å²) >= 11 is 0. The van der Waals surface area contributed by atoms with E-state index in [1.54, 1.807) is 24.4 Å².